The number of nitrogens with zero attached hydrogens (tertiary/aromatic N) is 3. The second kappa shape index (κ2) is 8.80. The van der Waals surface area contributed by atoms with Crippen LogP contribution in [-0.4, -0.2) is 59.3 Å². The van der Waals surface area contributed by atoms with Crippen LogP contribution in [0.4, 0.5) is 5.69 Å². The van der Waals surface area contributed by atoms with Gasteiger partial charge in [-0.15, -0.1) is 0 Å². The topological polar surface area (TPSA) is 92.2 Å². The van der Waals surface area contributed by atoms with E-state index in [1.54, 1.807) is 24.3 Å². The monoisotopic (exact) mass is 401 g/mol. The Bertz CT molecular complexity index is 1090. The average Bonchev–Trinajstić information content (AvgIpc) is 3.17. The van der Waals surface area contributed by atoms with Gasteiger partial charge in [-0.2, -0.15) is 5.26 Å². The Hall–Kier alpha value is -3.63. The summed E-state index contributed by atoms with van der Waals surface area (Å²) in [6, 6.07) is 16.8. The molecule has 0 aliphatic carbocycles. The van der Waals surface area contributed by atoms with Crippen LogP contribution in [0.25, 0.3) is 10.9 Å². The second-order valence-corrected chi connectivity index (χ2v) is 7.43. The fraction of sp³-hybridized carbons (Fsp3) is 0.261. The van der Waals surface area contributed by atoms with Crippen LogP contribution < -0.4 is 5.32 Å². The van der Waals surface area contributed by atoms with Crippen molar-refractivity contribution in [2.24, 2.45) is 0 Å². The van der Waals surface area contributed by atoms with Gasteiger partial charge in [-0.1, -0.05) is 18.2 Å². The van der Waals surface area contributed by atoms with E-state index in [-0.39, 0.29) is 18.4 Å². The molecule has 1 aromatic heterocycles. The molecule has 0 unspecified atom stereocenters. The van der Waals surface area contributed by atoms with Crippen LogP contribution in [0, 0.1) is 11.3 Å². The number of rotatable bonds is 5. The normalized spacial score (nSPS) is 14.4. The lowest BCUT2D eigenvalue weighted by atomic mass is 10.1. The summed E-state index contributed by atoms with van der Waals surface area (Å²) in [6.45, 7) is 2.85. The lowest BCUT2D eigenvalue weighted by Gasteiger charge is -2.34. The first-order valence-corrected chi connectivity index (χ1v) is 9.97. The molecule has 2 amide bonds. The number of piperazine rings is 1. The van der Waals surface area contributed by atoms with Gasteiger partial charge in [0.2, 0.25) is 11.8 Å². The molecule has 0 spiro atoms. The molecule has 2 N–H and O–H groups in total. The lowest BCUT2D eigenvalue weighted by molar-refractivity contribution is -0.132. The minimum atomic E-state index is -0.0988. The van der Waals surface area contributed by atoms with Gasteiger partial charge in [0, 0.05) is 49.0 Å². The van der Waals surface area contributed by atoms with E-state index >= 15 is 0 Å². The van der Waals surface area contributed by atoms with E-state index in [0.29, 0.717) is 43.9 Å². The molecule has 3 aromatic rings. The van der Waals surface area contributed by atoms with Gasteiger partial charge in [-0.25, -0.2) is 0 Å². The maximum atomic E-state index is 12.7. The maximum absolute atomic E-state index is 12.7. The van der Waals surface area contributed by atoms with E-state index in [1.165, 1.54) is 0 Å². The zero-order valence-corrected chi connectivity index (χ0v) is 16.6. The molecule has 1 fully saturated rings. The zero-order chi connectivity index (χ0) is 20.9. The van der Waals surface area contributed by atoms with E-state index in [4.69, 9.17) is 5.26 Å². The van der Waals surface area contributed by atoms with Crippen molar-refractivity contribution < 1.29 is 9.59 Å². The Morgan fingerprint density at radius 3 is 2.50 bits per heavy atom. The van der Waals surface area contributed by atoms with Crippen molar-refractivity contribution in [1.82, 2.24) is 14.8 Å². The molecule has 2 heterocycles. The van der Waals surface area contributed by atoms with Crippen LogP contribution in [0.2, 0.25) is 0 Å². The molecule has 0 saturated carbocycles. The summed E-state index contributed by atoms with van der Waals surface area (Å²) in [5.74, 6) is 0.0136. The molecular weight excluding hydrogens is 378 g/mol. The summed E-state index contributed by atoms with van der Waals surface area (Å²) in [5.41, 5.74) is 3.28. The van der Waals surface area contributed by atoms with Crippen LogP contribution in [0.5, 0.6) is 0 Å². The number of anilines is 1. The van der Waals surface area contributed by atoms with Gasteiger partial charge < -0.3 is 15.2 Å². The SMILES string of the molecule is N#Cc1ccc(NC(=O)CN2CCN(C(=O)Cc3c[nH]c4ccccc34)CC2)cc1. The molecule has 152 valence electrons. The first-order valence-electron chi connectivity index (χ1n) is 9.97. The zero-order valence-electron chi connectivity index (χ0n) is 16.6. The Morgan fingerprint density at radius 2 is 1.77 bits per heavy atom. The molecule has 1 aliphatic heterocycles. The minimum absolute atomic E-state index is 0.0988. The number of benzene rings is 2. The van der Waals surface area contributed by atoms with Gasteiger partial charge >= 0.3 is 0 Å². The van der Waals surface area contributed by atoms with Crippen molar-refractivity contribution in [1.29, 1.82) is 5.26 Å². The molecule has 1 saturated heterocycles. The van der Waals surface area contributed by atoms with Gasteiger partial charge in [0.15, 0.2) is 0 Å². The van der Waals surface area contributed by atoms with E-state index < -0.39 is 0 Å². The van der Waals surface area contributed by atoms with Crippen molar-refractivity contribution in [2.45, 2.75) is 6.42 Å². The number of nitriles is 1. The quantitative estimate of drug-likeness (QED) is 0.687. The standard InChI is InChI=1S/C23H23N5O2/c24-14-17-5-7-19(8-6-17)26-22(29)16-27-9-11-28(12-10-27)23(30)13-18-15-25-21-4-2-1-3-20(18)21/h1-8,15,25H,9-13,16H2,(H,26,29). The highest BCUT2D eigenvalue weighted by Gasteiger charge is 2.23. The van der Waals surface area contributed by atoms with Gasteiger partial charge in [-0.3, -0.25) is 14.5 Å². The summed E-state index contributed by atoms with van der Waals surface area (Å²) < 4.78 is 0. The van der Waals surface area contributed by atoms with Crippen molar-refractivity contribution in [3.63, 3.8) is 0 Å². The van der Waals surface area contributed by atoms with Gasteiger partial charge in [0.1, 0.15) is 0 Å². The van der Waals surface area contributed by atoms with Crippen molar-refractivity contribution in [3.8, 4) is 6.07 Å². The number of para-hydroxylation sites is 1. The van der Waals surface area contributed by atoms with Gasteiger partial charge in [-0.05, 0) is 35.9 Å². The summed E-state index contributed by atoms with van der Waals surface area (Å²) in [7, 11) is 0. The Kier molecular flexibility index (Phi) is 5.77. The summed E-state index contributed by atoms with van der Waals surface area (Å²) >= 11 is 0. The van der Waals surface area contributed by atoms with Crippen LogP contribution in [0.3, 0.4) is 0 Å². The highest BCUT2D eigenvalue weighted by atomic mass is 16.2. The number of hydrogen-bond acceptors (Lipinski definition) is 4. The fourth-order valence-corrected chi connectivity index (χ4v) is 3.74. The lowest BCUT2D eigenvalue weighted by Crippen LogP contribution is -2.50. The molecule has 0 atom stereocenters. The Morgan fingerprint density at radius 1 is 1.03 bits per heavy atom. The third kappa shape index (κ3) is 4.50. The second-order valence-electron chi connectivity index (χ2n) is 7.43. The first kappa shape index (κ1) is 19.7. The van der Waals surface area contributed by atoms with Crippen molar-refractivity contribution >= 4 is 28.4 Å². The first-order chi connectivity index (χ1) is 14.6. The van der Waals surface area contributed by atoms with E-state index in [0.717, 1.165) is 16.5 Å². The number of carbonyl (C=O) groups is 2. The average molecular weight is 401 g/mol. The molecule has 0 radical (unpaired) electrons. The molecule has 7 nitrogen and oxygen atoms in total. The number of amides is 2. The number of hydrogen-bond donors (Lipinski definition) is 2. The predicted molar refractivity (Wildman–Crippen MR) is 115 cm³/mol. The molecule has 0 bridgehead atoms. The number of aromatic amines is 1. The van der Waals surface area contributed by atoms with Gasteiger partial charge in [0.05, 0.1) is 24.6 Å². The predicted octanol–water partition coefficient (Wildman–Crippen LogP) is 2.36. The Balaban J connectivity index is 1.25. The molecule has 1 aliphatic rings. The number of nitrogens with one attached hydrogen (secondary N) is 2. The summed E-state index contributed by atoms with van der Waals surface area (Å²) in [4.78, 5) is 32.1. The van der Waals surface area contributed by atoms with Crippen LogP contribution in [0.1, 0.15) is 11.1 Å². The molecule has 2 aromatic carbocycles. The number of carbonyl (C=O) groups excluding carboxylic acids is 2. The van der Waals surface area contributed by atoms with E-state index in [2.05, 4.69) is 21.3 Å². The largest absolute Gasteiger partial charge is 0.361 e. The highest BCUT2D eigenvalue weighted by Crippen LogP contribution is 2.19. The third-order valence-electron chi connectivity index (χ3n) is 5.41. The van der Waals surface area contributed by atoms with Crippen LogP contribution in [0.15, 0.2) is 54.7 Å². The highest BCUT2D eigenvalue weighted by molar-refractivity contribution is 5.92. The van der Waals surface area contributed by atoms with Crippen LogP contribution in [-0.2, 0) is 16.0 Å². The van der Waals surface area contributed by atoms with E-state index in [1.807, 2.05) is 35.4 Å². The molecule has 7 heteroatoms. The summed E-state index contributed by atoms with van der Waals surface area (Å²) in [6.07, 6.45) is 2.29. The Labute approximate surface area is 174 Å². The number of H-pyrrole nitrogens is 1. The van der Waals surface area contributed by atoms with Crippen molar-refractivity contribution in [2.75, 3.05) is 38.0 Å². The fourth-order valence-electron chi connectivity index (χ4n) is 3.74. The molecule has 30 heavy (non-hydrogen) atoms. The number of fused-ring (bicyclic) bond motifs is 1. The third-order valence-corrected chi connectivity index (χ3v) is 5.41. The minimum Gasteiger partial charge on any atom is -0.361 e. The van der Waals surface area contributed by atoms with E-state index in [9.17, 15) is 9.59 Å². The molecule has 4 rings (SSSR count). The van der Waals surface area contributed by atoms with Crippen LogP contribution >= 0.6 is 0 Å². The summed E-state index contributed by atoms with van der Waals surface area (Å²) in [5, 5.41) is 12.8. The number of aromatic nitrogens is 1. The smallest absolute Gasteiger partial charge is 0.238 e. The maximum Gasteiger partial charge on any atom is 0.238 e. The van der Waals surface area contributed by atoms with Crippen molar-refractivity contribution in [3.05, 3.63) is 65.9 Å². The molecular formula is C23H23N5O2. The van der Waals surface area contributed by atoms with Gasteiger partial charge in [0.25, 0.3) is 0 Å².